The average molecular weight is 342 g/mol. The molecule has 1 fully saturated rings. The lowest BCUT2D eigenvalue weighted by molar-refractivity contribution is -0.127. The maximum Gasteiger partial charge on any atom is 0.324 e. The topological polar surface area (TPSA) is 87.5 Å². The lowest BCUT2D eigenvalue weighted by atomic mass is 10.0. The van der Waals surface area contributed by atoms with E-state index in [1.54, 1.807) is 6.07 Å². The molecule has 2 heterocycles. The summed E-state index contributed by atoms with van der Waals surface area (Å²) >= 11 is 0. The van der Waals surface area contributed by atoms with Crippen molar-refractivity contribution in [2.45, 2.75) is 32.7 Å². The van der Waals surface area contributed by atoms with E-state index in [1.165, 1.54) is 4.90 Å². The van der Waals surface area contributed by atoms with E-state index in [4.69, 9.17) is 4.52 Å². The third kappa shape index (κ3) is 3.65. The fraction of sp³-hybridized carbons (Fsp3) is 0.389. The van der Waals surface area contributed by atoms with E-state index in [2.05, 4.69) is 15.8 Å². The van der Waals surface area contributed by atoms with E-state index >= 15 is 0 Å². The van der Waals surface area contributed by atoms with E-state index < -0.39 is 6.04 Å². The fourth-order valence-corrected chi connectivity index (χ4v) is 2.86. The van der Waals surface area contributed by atoms with Crippen molar-refractivity contribution in [1.29, 1.82) is 0 Å². The maximum atomic E-state index is 12.7. The zero-order valence-electron chi connectivity index (χ0n) is 14.6. The number of aromatic nitrogens is 1. The first-order valence-electron chi connectivity index (χ1n) is 8.34. The minimum Gasteiger partial charge on any atom is -0.359 e. The number of aryl methyl sites for hydroxylation is 1. The van der Waals surface area contributed by atoms with Crippen molar-refractivity contribution >= 4 is 17.8 Å². The number of hydrogen-bond acceptors (Lipinski definition) is 4. The second kappa shape index (κ2) is 6.96. The summed E-state index contributed by atoms with van der Waals surface area (Å²) in [5.41, 5.74) is 1.82. The summed E-state index contributed by atoms with van der Waals surface area (Å²) in [6.07, 6.45) is 0. The Hall–Kier alpha value is -2.83. The number of carbonyl (C=O) groups is 2. The normalized spacial score (nSPS) is 17.5. The summed E-state index contributed by atoms with van der Waals surface area (Å²) in [5, 5.41) is 9.42. The van der Waals surface area contributed by atoms with Crippen LogP contribution in [-0.4, -0.2) is 35.1 Å². The summed E-state index contributed by atoms with van der Waals surface area (Å²) < 4.78 is 5.20. The van der Waals surface area contributed by atoms with Crippen molar-refractivity contribution < 1.29 is 14.1 Å². The summed E-state index contributed by atoms with van der Waals surface area (Å²) in [6, 6.07) is 8.29. The van der Waals surface area contributed by atoms with Crippen LogP contribution >= 0.6 is 0 Å². The Morgan fingerprint density at radius 1 is 1.40 bits per heavy atom. The van der Waals surface area contributed by atoms with Gasteiger partial charge in [-0.1, -0.05) is 48.8 Å². The van der Waals surface area contributed by atoms with Crippen molar-refractivity contribution in [3.8, 4) is 0 Å². The molecule has 0 radical (unpaired) electrons. The molecule has 132 valence electrons. The number of benzene rings is 1. The van der Waals surface area contributed by atoms with Gasteiger partial charge in [0, 0.05) is 25.1 Å². The van der Waals surface area contributed by atoms with Gasteiger partial charge in [-0.25, -0.2) is 4.79 Å². The Balaban J connectivity index is 1.82. The van der Waals surface area contributed by atoms with Gasteiger partial charge in [0.1, 0.15) is 11.8 Å². The number of amides is 3. The molecule has 1 aromatic carbocycles. The number of hydrogen-bond donors (Lipinski definition) is 2. The van der Waals surface area contributed by atoms with Crippen LogP contribution in [0.4, 0.5) is 10.6 Å². The quantitative estimate of drug-likeness (QED) is 0.898. The standard InChI is InChI=1S/C18H22N4O3/c1-11(2)14-10-15(21-25-14)20-18(24)22-8-7-19-17(23)16(22)13-6-4-5-12(3)9-13/h4-6,9-11,16H,7-8H2,1-3H3,(H,19,23)(H,20,21,24). The van der Waals surface area contributed by atoms with Crippen molar-refractivity contribution in [3.63, 3.8) is 0 Å². The van der Waals surface area contributed by atoms with Crippen LogP contribution in [0.15, 0.2) is 34.9 Å². The third-order valence-corrected chi connectivity index (χ3v) is 4.16. The van der Waals surface area contributed by atoms with Crippen molar-refractivity contribution in [2.75, 3.05) is 18.4 Å². The van der Waals surface area contributed by atoms with Gasteiger partial charge in [-0.2, -0.15) is 0 Å². The second-order valence-corrected chi connectivity index (χ2v) is 6.50. The summed E-state index contributed by atoms with van der Waals surface area (Å²) in [6.45, 7) is 6.76. The molecular weight excluding hydrogens is 320 g/mol. The van der Waals surface area contributed by atoms with Crippen LogP contribution in [0.2, 0.25) is 0 Å². The van der Waals surface area contributed by atoms with Crippen molar-refractivity contribution in [1.82, 2.24) is 15.4 Å². The zero-order valence-corrected chi connectivity index (χ0v) is 14.6. The van der Waals surface area contributed by atoms with Crippen LogP contribution < -0.4 is 10.6 Å². The Bertz CT molecular complexity index is 784. The molecule has 3 rings (SSSR count). The van der Waals surface area contributed by atoms with E-state index in [9.17, 15) is 9.59 Å². The Kier molecular flexibility index (Phi) is 4.74. The number of anilines is 1. The Morgan fingerprint density at radius 2 is 2.20 bits per heavy atom. The number of carbonyl (C=O) groups excluding carboxylic acids is 2. The Morgan fingerprint density at radius 3 is 2.88 bits per heavy atom. The summed E-state index contributed by atoms with van der Waals surface area (Å²) in [4.78, 5) is 26.6. The van der Waals surface area contributed by atoms with Gasteiger partial charge in [-0.05, 0) is 12.5 Å². The molecule has 25 heavy (non-hydrogen) atoms. The molecule has 1 unspecified atom stereocenters. The van der Waals surface area contributed by atoms with Crippen LogP contribution in [0.1, 0.15) is 42.7 Å². The second-order valence-electron chi connectivity index (χ2n) is 6.50. The van der Waals surface area contributed by atoms with E-state index in [0.29, 0.717) is 24.7 Å². The minimum absolute atomic E-state index is 0.180. The molecular formula is C18H22N4O3. The number of rotatable bonds is 3. The molecule has 1 aromatic heterocycles. The zero-order chi connectivity index (χ0) is 18.0. The highest BCUT2D eigenvalue weighted by Crippen LogP contribution is 2.25. The lowest BCUT2D eigenvalue weighted by Crippen LogP contribution is -2.53. The van der Waals surface area contributed by atoms with Crippen LogP contribution in [-0.2, 0) is 4.79 Å². The van der Waals surface area contributed by atoms with Gasteiger partial charge in [0.15, 0.2) is 5.82 Å². The van der Waals surface area contributed by atoms with Gasteiger partial charge in [0.05, 0.1) is 0 Å². The molecule has 1 atom stereocenters. The van der Waals surface area contributed by atoms with Crippen LogP contribution in [0.25, 0.3) is 0 Å². The Labute approximate surface area is 146 Å². The monoisotopic (exact) mass is 342 g/mol. The van der Waals surface area contributed by atoms with Crippen molar-refractivity contribution in [3.05, 3.63) is 47.2 Å². The first-order chi connectivity index (χ1) is 12.0. The van der Waals surface area contributed by atoms with Gasteiger partial charge in [0.2, 0.25) is 5.91 Å². The molecule has 7 nitrogen and oxygen atoms in total. The van der Waals surface area contributed by atoms with Crippen molar-refractivity contribution in [2.24, 2.45) is 0 Å². The number of nitrogens with one attached hydrogen (secondary N) is 2. The van der Waals surface area contributed by atoms with Gasteiger partial charge in [0.25, 0.3) is 0 Å². The maximum absolute atomic E-state index is 12.7. The number of urea groups is 1. The predicted octanol–water partition coefficient (Wildman–Crippen LogP) is 2.81. The van der Waals surface area contributed by atoms with Gasteiger partial charge in [-0.3, -0.25) is 10.1 Å². The molecule has 2 aromatic rings. The smallest absolute Gasteiger partial charge is 0.324 e. The third-order valence-electron chi connectivity index (χ3n) is 4.16. The summed E-state index contributed by atoms with van der Waals surface area (Å²) in [5.74, 6) is 1.04. The summed E-state index contributed by atoms with van der Waals surface area (Å²) in [7, 11) is 0. The minimum atomic E-state index is -0.662. The van der Waals surface area contributed by atoms with Gasteiger partial charge in [-0.15, -0.1) is 0 Å². The molecule has 3 amide bonds. The number of piperazine rings is 1. The first kappa shape index (κ1) is 17.0. The predicted molar refractivity (Wildman–Crippen MR) is 93.2 cm³/mol. The fourth-order valence-electron chi connectivity index (χ4n) is 2.86. The first-order valence-corrected chi connectivity index (χ1v) is 8.34. The van der Waals surface area contributed by atoms with Gasteiger partial charge < -0.3 is 14.7 Å². The highest BCUT2D eigenvalue weighted by atomic mass is 16.5. The van der Waals surface area contributed by atoms with Crippen LogP contribution in [0.3, 0.4) is 0 Å². The number of nitrogens with zero attached hydrogens (tertiary/aromatic N) is 2. The SMILES string of the molecule is Cc1cccc(C2C(=O)NCCN2C(=O)Nc2cc(C(C)C)on2)c1. The molecule has 1 saturated heterocycles. The molecule has 0 saturated carbocycles. The highest BCUT2D eigenvalue weighted by molar-refractivity contribution is 5.94. The molecule has 2 N–H and O–H groups in total. The molecule has 7 heteroatoms. The molecule has 1 aliphatic heterocycles. The molecule has 1 aliphatic rings. The van der Waals surface area contributed by atoms with Crippen LogP contribution in [0.5, 0.6) is 0 Å². The highest BCUT2D eigenvalue weighted by Gasteiger charge is 2.34. The molecule has 0 aliphatic carbocycles. The van der Waals surface area contributed by atoms with Gasteiger partial charge >= 0.3 is 6.03 Å². The van der Waals surface area contributed by atoms with Crippen LogP contribution in [0, 0.1) is 6.92 Å². The van der Waals surface area contributed by atoms with E-state index in [1.807, 2.05) is 45.0 Å². The largest absolute Gasteiger partial charge is 0.359 e. The molecule has 0 bridgehead atoms. The average Bonchev–Trinajstić information content (AvgIpc) is 3.03. The lowest BCUT2D eigenvalue weighted by Gasteiger charge is -2.35. The molecule has 0 spiro atoms. The van der Waals surface area contributed by atoms with E-state index in [0.717, 1.165) is 11.1 Å². The van der Waals surface area contributed by atoms with E-state index in [-0.39, 0.29) is 17.9 Å².